The van der Waals surface area contributed by atoms with Crippen LogP contribution in [0.25, 0.3) is 0 Å². The summed E-state index contributed by atoms with van der Waals surface area (Å²) in [6.07, 6.45) is 3.98. The van der Waals surface area contributed by atoms with Crippen LogP contribution in [0.2, 0.25) is 0 Å². The van der Waals surface area contributed by atoms with Crippen molar-refractivity contribution in [2.24, 2.45) is 5.92 Å². The topological polar surface area (TPSA) is 59.3 Å². The highest BCUT2D eigenvalue weighted by molar-refractivity contribution is 5.89. The molecule has 2 rings (SSSR count). The molecule has 0 bridgehead atoms. The van der Waals surface area contributed by atoms with Crippen molar-refractivity contribution in [3.05, 3.63) is 29.8 Å². The lowest BCUT2D eigenvalue weighted by atomic mass is 9.87. The van der Waals surface area contributed by atoms with Gasteiger partial charge in [0.05, 0.1) is 24.7 Å². The molecule has 0 aliphatic heterocycles. The molecule has 1 aromatic carbocycles. The summed E-state index contributed by atoms with van der Waals surface area (Å²) in [4.78, 5) is 11.3. The molecule has 0 radical (unpaired) electrons. The van der Waals surface area contributed by atoms with Gasteiger partial charge in [-0.05, 0) is 43.5 Å². The van der Waals surface area contributed by atoms with Gasteiger partial charge in [0.2, 0.25) is 0 Å². The van der Waals surface area contributed by atoms with E-state index in [0.717, 1.165) is 25.7 Å². The average Bonchev–Trinajstić information content (AvgIpc) is 2.48. The first-order valence-corrected chi connectivity index (χ1v) is 6.49. The maximum atomic E-state index is 11.3. The molecular weight excluding hydrogens is 242 g/mol. The zero-order valence-corrected chi connectivity index (χ0v) is 11.0. The summed E-state index contributed by atoms with van der Waals surface area (Å²) < 4.78 is 10.5. The smallest absolute Gasteiger partial charge is 0.337 e. The third kappa shape index (κ3) is 3.25. The number of carbonyl (C=O) groups excluding carboxylic acids is 1. The number of esters is 1. The monoisotopic (exact) mass is 259 g/mol. The number of rotatable bonds is 3. The molecule has 0 spiro atoms. The number of methoxy groups -OCH3 is 1. The van der Waals surface area contributed by atoms with Gasteiger partial charge in [0.15, 0.2) is 0 Å². The lowest BCUT2D eigenvalue weighted by Crippen LogP contribution is -2.29. The van der Waals surface area contributed by atoms with Crippen LogP contribution in [0.5, 0.6) is 5.75 Å². The van der Waals surface area contributed by atoms with E-state index in [9.17, 15) is 4.79 Å². The Hall–Kier alpha value is -2.02. The van der Waals surface area contributed by atoms with Gasteiger partial charge in [-0.1, -0.05) is 6.42 Å². The Morgan fingerprint density at radius 1 is 1.26 bits per heavy atom. The van der Waals surface area contributed by atoms with Crippen molar-refractivity contribution in [3.8, 4) is 11.8 Å². The fraction of sp³-hybridized carbons (Fsp3) is 0.467. The number of ether oxygens (including phenoxy) is 2. The maximum absolute atomic E-state index is 11.3. The summed E-state index contributed by atoms with van der Waals surface area (Å²) >= 11 is 0. The zero-order chi connectivity index (χ0) is 13.7. The van der Waals surface area contributed by atoms with E-state index in [0.29, 0.717) is 11.3 Å². The molecule has 2 unspecified atom stereocenters. The minimum Gasteiger partial charge on any atom is -0.489 e. The zero-order valence-electron chi connectivity index (χ0n) is 11.0. The molecule has 2 atom stereocenters. The molecule has 0 saturated heterocycles. The van der Waals surface area contributed by atoms with Gasteiger partial charge in [0.1, 0.15) is 11.9 Å². The Kier molecular flexibility index (Phi) is 4.40. The van der Waals surface area contributed by atoms with Gasteiger partial charge < -0.3 is 9.47 Å². The highest BCUT2D eigenvalue weighted by atomic mass is 16.5. The van der Waals surface area contributed by atoms with Crippen LogP contribution in [0.3, 0.4) is 0 Å². The van der Waals surface area contributed by atoms with Crippen LogP contribution in [-0.2, 0) is 4.74 Å². The van der Waals surface area contributed by atoms with Gasteiger partial charge >= 0.3 is 5.97 Å². The van der Waals surface area contributed by atoms with Gasteiger partial charge in [0.25, 0.3) is 0 Å². The Labute approximate surface area is 112 Å². The van der Waals surface area contributed by atoms with Gasteiger partial charge in [-0.3, -0.25) is 0 Å². The van der Waals surface area contributed by atoms with Gasteiger partial charge in [-0.15, -0.1) is 0 Å². The fourth-order valence-electron chi connectivity index (χ4n) is 2.35. The van der Waals surface area contributed by atoms with Crippen LogP contribution >= 0.6 is 0 Å². The predicted molar refractivity (Wildman–Crippen MR) is 69.8 cm³/mol. The summed E-state index contributed by atoms with van der Waals surface area (Å²) in [7, 11) is 1.35. The Morgan fingerprint density at radius 2 is 1.95 bits per heavy atom. The van der Waals surface area contributed by atoms with Crippen molar-refractivity contribution < 1.29 is 14.3 Å². The maximum Gasteiger partial charge on any atom is 0.337 e. The van der Waals surface area contributed by atoms with E-state index < -0.39 is 0 Å². The molecule has 19 heavy (non-hydrogen) atoms. The van der Waals surface area contributed by atoms with Crippen molar-refractivity contribution in [1.82, 2.24) is 0 Å². The van der Waals surface area contributed by atoms with Gasteiger partial charge in [-0.2, -0.15) is 5.26 Å². The molecule has 1 aliphatic rings. The van der Waals surface area contributed by atoms with Gasteiger partial charge in [0, 0.05) is 0 Å². The summed E-state index contributed by atoms with van der Waals surface area (Å²) in [5.41, 5.74) is 0.496. The molecule has 0 heterocycles. The fourth-order valence-corrected chi connectivity index (χ4v) is 2.35. The minimum atomic E-state index is -0.362. The molecule has 100 valence electrons. The summed E-state index contributed by atoms with van der Waals surface area (Å²) in [6, 6.07) is 9.15. The van der Waals surface area contributed by atoms with Crippen molar-refractivity contribution in [3.63, 3.8) is 0 Å². The quantitative estimate of drug-likeness (QED) is 0.783. The molecule has 0 amide bonds. The Balaban J connectivity index is 2.03. The standard InChI is InChI=1S/C15H17NO3/c1-18-15(17)11-6-8-13(9-7-11)19-14-5-3-2-4-12(14)10-16/h6-9,12,14H,2-5H2,1H3. The summed E-state index contributed by atoms with van der Waals surface area (Å²) in [5.74, 6) is 0.299. The van der Waals surface area contributed by atoms with Crippen molar-refractivity contribution in [2.75, 3.05) is 7.11 Å². The number of carbonyl (C=O) groups is 1. The summed E-state index contributed by atoms with van der Waals surface area (Å²) in [6.45, 7) is 0. The van der Waals surface area contributed by atoms with E-state index in [-0.39, 0.29) is 18.0 Å². The van der Waals surface area contributed by atoms with Crippen molar-refractivity contribution in [2.45, 2.75) is 31.8 Å². The first kappa shape index (κ1) is 13.4. The van der Waals surface area contributed by atoms with Crippen molar-refractivity contribution in [1.29, 1.82) is 5.26 Å². The molecule has 1 saturated carbocycles. The second kappa shape index (κ2) is 6.24. The van der Waals surface area contributed by atoms with E-state index in [1.165, 1.54) is 7.11 Å². The minimum absolute atomic E-state index is 0.0333. The van der Waals surface area contributed by atoms with E-state index in [4.69, 9.17) is 10.00 Å². The molecule has 0 aromatic heterocycles. The first-order valence-electron chi connectivity index (χ1n) is 6.49. The third-order valence-electron chi connectivity index (χ3n) is 3.43. The van der Waals surface area contributed by atoms with Crippen LogP contribution in [0.15, 0.2) is 24.3 Å². The van der Waals surface area contributed by atoms with Crippen LogP contribution < -0.4 is 4.74 Å². The predicted octanol–water partition coefficient (Wildman–Crippen LogP) is 2.93. The molecule has 4 nitrogen and oxygen atoms in total. The van der Waals surface area contributed by atoms with Crippen LogP contribution in [-0.4, -0.2) is 19.2 Å². The van der Waals surface area contributed by atoms with Gasteiger partial charge in [-0.25, -0.2) is 4.79 Å². The average molecular weight is 259 g/mol. The van der Waals surface area contributed by atoms with E-state index in [2.05, 4.69) is 10.8 Å². The number of nitriles is 1. The van der Waals surface area contributed by atoms with E-state index in [1.807, 2.05) is 0 Å². The number of nitrogens with zero attached hydrogens (tertiary/aromatic N) is 1. The van der Waals surface area contributed by atoms with Crippen LogP contribution in [0.1, 0.15) is 36.0 Å². The second-order valence-electron chi connectivity index (χ2n) is 4.69. The first-order chi connectivity index (χ1) is 9.24. The molecule has 0 N–H and O–H groups in total. The number of hydrogen-bond acceptors (Lipinski definition) is 4. The molecular formula is C15H17NO3. The van der Waals surface area contributed by atoms with E-state index in [1.54, 1.807) is 24.3 Å². The molecule has 1 fully saturated rings. The highest BCUT2D eigenvalue weighted by Gasteiger charge is 2.26. The third-order valence-corrected chi connectivity index (χ3v) is 3.43. The molecule has 4 heteroatoms. The Bertz CT molecular complexity index is 475. The number of benzene rings is 1. The molecule has 1 aromatic rings. The lowest BCUT2D eigenvalue weighted by molar-refractivity contribution is 0.0600. The SMILES string of the molecule is COC(=O)c1ccc(OC2CCCCC2C#N)cc1. The lowest BCUT2D eigenvalue weighted by Gasteiger charge is -2.27. The number of hydrogen-bond donors (Lipinski definition) is 0. The summed E-state index contributed by atoms with van der Waals surface area (Å²) in [5, 5.41) is 9.10. The normalized spacial score (nSPS) is 22.3. The second-order valence-corrected chi connectivity index (χ2v) is 4.69. The largest absolute Gasteiger partial charge is 0.489 e. The highest BCUT2D eigenvalue weighted by Crippen LogP contribution is 2.28. The Morgan fingerprint density at radius 3 is 2.58 bits per heavy atom. The van der Waals surface area contributed by atoms with E-state index >= 15 is 0 Å². The molecule has 1 aliphatic carbocycles. The van der Waals surface area contributed by atoms with Crippen LogP contribution in [0.4, 0.5) is 0 Å². The van der Waals surface area contributed by atoms with Crippen LogP contribution in [0, 0.1) is 17.2 Å². The van der Waals surface area contributed by atoms with Crippen molar-refractivity contribution >= 4 is 5.97 Å².